The Kier molecular flexibility index (Phi) is 7.07. The fourth-order valence-electron chi connectivity index (χ4n) is 4.93. The van der Waals surface area contributed by atoms with Crippen LogP contribution in [0.2, 0.25) is 0 Å². The summed E-state index contributed by atoms with van der Waals surface area (Å²) in [7, 11) is 0. The molecule has 1 aliphatic carbocycles. The van der Waals surface area contributed by atoms with Gasteiger partial charge < -0.3 is 39.7 Å². The number of hydrogen-bond donors (Lipinski definition) is 5. The minimum Gasteiger partial charge on any atom is -0.394 e. The maximum Gasteiger partial charge on any atom is 0.187 e. The zero-order chi connectivity index (χ0) is 21.4. The molecule has 0 saturated carbocycles. The summed E-state index contributed by atoms with van der Waals surface area (Å²) in [6, 6.07) is 0. The highest BCUT2D eigenvalue weighted by atomic mass is 16.7. The first-order chi connectivity index (χ1) is 13.6. The topological polar surface area (TPSA) is 129 Å². The summed E-state index contributed by atoms with van der Waals surface area (Å²) >= 11 is 0. The van der Waals surface area contributed by atoms with Crippen LogP contribution in [-0.2, 0) is 14.2 Å². The molecule has 0 spiro atoms. The first kappa shape index (κ1) is 23.1. The average Bonchev–Trinajstić information content (AvgIpc) is 2.69. The van der Waals surface area contributed by atoms with E-state index in [1.165, 1.54) is 0 Å². The molecule has 2 fully saturated rings. The van der Waals surface area contributed by atoms with Gasteiger partial charge in [0.15, 0.2) is 6.29 Å². The van der Waals surface area contributed by atoms with Crippen molar-refractivity contribution in [3.63, 3.8) is 0 Å². The highest BCUT2D eigenvalue weighted by Crippen LogP contribution is 2.45. The van der Waals surface area contributed by atoms with Crippen LogP contribution < -0.4 is 0 Å². The first-order valence-electron chi connectivity index (χ1n) is 10.6. The maximum absolute atomic E-state index is 10.3. The summed E-state index contributed by atoms with van der Waals surface area (Å²) in [4.78, 5) is 0. The molecule has 0 aromatic heterocycles. The van der Waals surface area contributed by atoms with Crippen molar-refractivity contribution < 1.29 is 39.7 Å². The predicted molar refractivity (Wildman–Crippen MR) is 104 cm³/mol. The van der Waals surface area contributed by atoms with Gasteiger partial charge in [0.2, 0.25) is 0 Å². The van der Waals surface area contributed by atoms with Gasteiger partial charge in [0.1, 0.15) is 24.4 Å². The monoisotopic (exact) mass is 416 g/mol. The molecule has 8 atom stereocenters. The Balaban J connectivity index is 1.65. The fraction of sp³-hybridized carbons (Fsp3) is 0.905. The van der Waals surface area contributed by atoms with E-state index in [1.54, 1.807) is 0 Å². The number of aliphatic hydroxyl groups is 5. The SMILES string of the molecule is CC1(C)O[C@](C)([C@@H]2CC=C(CO)CC2)CC[C@@H]1O[C@H]1O[C@@H](CO)[C@H](O)[C@@H](O)[C@@H]1O. The predicted octanol–water partition coefficient (Wildman–Crippen LogP) is 0.238. The lowest BCUT2D eigenvalue weighted by Crippen LogP contribution is -2.62. The number of aliphatic hydroxyl groups excluding tert-OH is 5. The molecular weight excluding hydrogens is 380 g/mol. The lowest BCUT2D eigenvalue weighted by atomic mass is 9.73. The van der Waals surface area contributed by atoms with Crippen LogP contribution in [0.3, 0.4) is 0 Å². The third-order valence-electron chi connectivity index (χ3n) is 6.89. The zero-order valence-corrected chi connectivity index (χ0v) is 17.5. The van der Waals surface area contributed by atoms with Gasteiger partial charge in [-0.25, -0.2) is 0 Å². The molecular formula is C21H36O8. The largest absolute Gasteiger partial charge is 0.394 e. The van der Waals surface area contributed by atoms with Gasteiger partial charge in [-0.3, -0.25) is 0 Å². The van der Waals surface area contributed by atoms with Crippen molar-refractivity contribution in [2.45, 2.75) is 101 Å². The average molecular weight is 417 g/mol. The Labute approximate surface area is 172 Å². The Morgan fingerprint density at radius 2 is 1.79 bits per heavy atom. The molecule has 8 heteroatoms. The van der Waals surface area contributed by atoms with Gasteiger partial charge in [-0.15, -0.1) is 0 Å². The number of hydrogen-bond acceptors (Lipinski definition) is 8. The Hall–Kier alpha value is -0.580. The normalized spacial score (nSPS) is 45.7. The van der Waals surface area contributed by atoms with E-state index in [4.69, 9.17) is 14.2 Å². The second kappa shape index (κ2) is 8.88. The minimum absolute atomic E-state index is 0.116. The highest BCUT2D eigenvalue weighted by Gasteiger charge is 2.51. The van der Waals surface area contributed by atoms with Crippen molar-refractivity contribution >= 4 is 0 Å². The summed E-state index contributed by atoms with van der Waals surface area (Å²) < 4.78 is 18.0. The Morgan fingerprint density at radius 3 is 2.34 bits per heavy atom. The second-order valence-electron chi connectivity index (χ2n) is 9.37. The maximum atomic E-state index is 10.3. The molecule has 3 rings (SSSR count). The summed E-state index contributed by atoms with van der Waals surface area (Å²) in [5.41, 5.74) is 0.104. The number of rotatable bonds is 5. The molecule has 0 aromatic carbocycles. The molecule has 0 radical (unpaired) electrons. The van der Waals surface area contributed by atoms with Crippen LogP contribution in [0.4, 0.5) is 0 Å². The van der Waals surface area contributed by atoms with E-state index in [-0.39, 0.29) is 18.3 Å². The van der Waals surface area contributed by atoms with E-state index in [2.05, 4.69) is 13.0 Å². The summed E-state index contributed by atoms with van der Waals surface area (Å²) in [6.45, 7) is 5.64. The van der Waals surface area contributed by atoms with Crippen LogP contribution in [0.5, 0.6) is 0 Å². The molecule has 8 nitrogen and oxygen atoms in total. The first-order valence-corrected chi connectivity index (χ1v) is 10.6. The molecule has 0 amide bonds. The fourth-order valence-corrected chi connectivity index (χ4v) is 4.93. The lowest BCUT2D eigenvalue weighted by molar-refractivity contribution is -0.339. The molecule has 2 heterocycles. The summed E-state index contributed by atoms with van der Waals surface area (Å²) in [6.07, 6.45) is -0.525. The molecule has 168 valence electrons. The molecule has 0 unspecified atom stereocenters. The highest BCUT2D eigenvalue weighted by molar-refractivity contribution is 5.10. The second-order valence-corrected chi connectivity index (χ2v) is 9.37. The number of allylic oxidation sites excluding steroid dienone is 1. The van der Waals surface area contributed by atoms with E-state index >= 15 is 0 Å². The van der Waals surface area contributed by atoms with Gasteiger partial charge >= 0.3 is 0 Å². The van der Waals surface area contributed by atoms with Crippen molar-refractivity contribution in [2.24, 2.45) is 5.92 Å². The summed E-state index contributed by atoms with van der Waals surface area (Å²) in [5.74, 6) is 0.352. The van der Waals surface area contributed by atoms with Gasteiger partial charge in [-0.2, -0.15) is 0 Å². The van der Waals surface area contributed by atoms with Gasteiger partial charge in [0, 0.05) is 0 Å². The van der Waals surface area contributed by atoms with Crippen LogP contribution in [-0.4, -0.2) is 86.8 Å². The third kappa shape index (κ3) is 4.70. The quantitative estimate of drug-likeness (QED) is 0.403. The van der Waals surface area contributed by atoms with Gasteiger partial charge in [0.05, 0.1) is 30.5 Å². The standard InChI is InChI=1S/C21H36O8/c1-20(2)15(28-19-18(26)17(25)16(24)14(11-23)27-19)8-9-21(3,29-20)13-6-4-12(10-22)5-7-13/h4,13-19,22-26H,5-11H2,1-3H3/t13-,14+,15+,16+,17-,18+,19-,21+/m1/s1. The molecule has 0 aromatic rings. The smallest absolute Gasteiger partial charge is 0.187 e. The van der Waals surface area contributed by atoms with Crippen molar-refractivity contribution in [1.82, 2.24) is 0 Å². The molecule has 3 aliphatic rings. The molecule has 29 heavy (non-hydrogen) atoms. The van der Waals surface area contributed by atoms with Gasteiger partial charge in [0.25, 0.3) is 0 Å². The summed E-state index contributed by atoms with van der Waals surface area (Å²) in [5, 5.41) is 48.9. The Morgan fingerprint density at radius 1 is 1.07 bits per heavy atom. The molecule has 5 N–H and O–H groups in total. The van der Waals surface area contributed by atoms with Crippen LogP contribution in [0, 0.1) is 5.92 Å². The van der Waals surface area contributed by atoms with E-state index in [9.17, 15) is 25.5 Å². The van der Waals surface area contributed by atoms with Gasteiger partial charge in [-0.05, 0) is 64.4 Å². The third-order valence-corrected chi connectivity index (χ3v) is 6.89. The minimum atomic E-state index is -1.46. The van der Waals surface area contributed by atoms with Crippen molar-refractivity contribution in [3.8, 4) is 0 Å². The van der Waals surface area contributed by atoms with E-state index in [0.29, 0.717) is 12.3 Å². The van der Waals surface area contributed by atoms with Crippen molar-refractivity contribution in [1.29, 1.82) is 0 Å². The molecule has 2 aliphatic heterocycles. The van der Waals surface area contributed by atoms with Crippen LogP contribution in [0.1, 0.15) is 52.9 Å². The Bertz CT molecular complexity index is 591. The van der Waals surface area contributed by atoms with Crippen molar-refractivity contribution in [3.05, 3.63) is 11.6 Å². The van der Waals surface area contributed by atoms with Crippen LogP contribution in [0.15, 0.2) is 11.6 Å². The van der Waals surface area contributed by atoms with Gasteiger partial charge in [-0.1, -0.05) is 6.08 Å². The lowest BCUT2D eigenvalue weighted by Gasteiger charge is -2.52. The van der Waals surface area contributed by atoms with Crippen LogP contribution in [0.25, 0.3) is 0 Å². The van der Waals surface area contributed by atoms with Crippen molar-refractivity contribution in [2.75, 3.05) is 13.2 Å². The molecule has 2 saturated heterocycles. The zero-order valence-electron chi connectivity index (χ0n) is 17.5. The van der Waals surface area contributed by atoms with E-state index in [0.717, 1.165) is 31.3 Å². The number of ether oxygens (including phenoxy) is 3. The van der Waals surface area contributed by atoms with Crippen LogP contribution >= 0.6 is 0 Å². The molecule has 0 bridgehead atoms. The van der Waals surface area contributed by atoms with E-state index in [1.807, 2.05) is 13.8 Å². The van der Waals surface area contributed by atoms with E-state index < -0.39 is 42.9 Å².